The van der Waals surface area contributed by atoms with Crippen molar-refractivity contribution in [2.45, 2.75) is 28.1 Å². The van der Waals surface area contributed by atoms with Crippen molar-refractivity contribution in [2.75, 3.05) is 5.75 Å². The molecule has 1 aliphatic rings. The van der Waals surface area contributed by atoms with E-state index in [-0.39, 0.29) is 3.92 Å². The second-order valence-corrected chi connectivity index (χ2v) is 7.52. The van der Waals surface area contributed by atoms with Crippen LogP contribution >= 0.6 is 34.4 Å². The number of benzene rings is 2. The molecule has 0 bridgehead atoms. The predicted molar refractivity (Wildman–Crippen MR) is 92.3 cm³/mol. The Bertz CT molecular complexity index is 657. The minimum Gasteiger partial charge on any atom is -0.204 e. The minimum absolute atomic E-state index is 0.0505. The second kappa shape index (κ2) is 6.65. The summed E-state index contributed by atoms with van der Waals surface area (Å²) in [6, 6.07) is 11.2. The first-order valence-electron chi connectivity index (χ1n) is 7.01. The monoisotopic (exact) mass is 416 g/mol. The first-order chi connectivity index (χ1) is 10.2. The molecule has 0 aliphatic carbocycles. The normalized spacial score (nSPS) is 18.7. The maximum absolute atomic E-state index is 14.2. The Labute approximate surface area is 141 Å². The Kier molecular flexibility index (Phi) is 4.84. The summed E-state index contributed by atoms with van der Waals surface area (Å²) in [5.41, 5.74) is 2.65. The van der Waals surface area contributed by atoms with Crippen LogP contribution < -0.4 is 0 Å². The molecule has 0 N–H and O–H groups in total. The lowest BCUT2D eigenvalue weighted by Crippen LogP contribution is -2.06. The third-order valence-corrected chi connectivity index (χ3v) is 6.29. The van der Waals surface area contributed by atoms with E-state index >= 15 is 0 Å². The van der Waals surface area contributed by atoms with Gasteiger partial charge in [0.05, 0.1) is 3.92 Å². The molecule has 0 saturated carbocycles. The van der Waals surface area contributed by atoms with E-state index < -0.39 is 11.6 Å². The maximum Gasteiger partial charge on any atom is 0.162 e. The Morgan fingerprint density at radius 3 is 2.67 bits per heavy atom. The van der Waals surface area contributed by atoms with Crippen molar-refractivity contribution in [3.8, 4) is 0 Å². The highest BCUT2D eigenvalue weighted by atomic mass is 127. The van der Waals surface area contributed by atoms with Crippen LogP contribution in [0.5, 0.6) is 0 Å². The molecule has 0 spiro atoms. The molecule has 0 nitrogen and oxygen atoms in total. The summed E-state index contributed by atoms with van der Waals surface area (Å²) in [5.74, 6) is -0.385. The van der Waals surface area contributed by atoms with Crippen LogP contribution in [0.1, 0.15) is 33.5 Å². The molecule has 1 heterocycles. The smallest absolute Gasteiger partial charge is 0.162 e. The number of hydrogen-bond acceptors (Lipinski definition) is 1. The fourth-order valence-corrected chi connectivity index (χ4v) is 5.11. The number of fused-ring (bicyclic) bond motifs is 2. The number of rotatable bonds is 0. The van der Waals surface area contributed by atoms with Crippen LogP contribution in [-0.2, 0) is 6.42 Å². The van der Waals surface area contributed by atoms with E-state index in [9.17, 15) is 8.78 Å². The van der Waals surface area contributed by atoms with Crippen LogP contribution in [0, 0.1) is 11.6 Å². The van der Waals surface area contributed by atoms with Gasteiger partial charge in [0.1, 0.15) is 0 Å². The van der Waals surface area contributed by atoms with Crippen LogP contribution in [-0.4, -0.2) is 5.75 Å². The van der Waals surface area contributed by atoms with Crippen LogP contribution in [0.25, 0.3) is 0 Å². The van der Waals surface area contributed by atoms with Crippen molar-refractivity contribution in [3.05, 3.63) is 64.7 Å². The first-order valence-corrected chi connectivity index (χ1v) is 9.24. The van der Waals surface area contributed by atoms with Gasteiger partial charge in [0.2, 0.25) is 0 Å². The molecule has 2 aromatic carbocycles. The van der Waals surface area contributed by atoms with Crippen molar-refractivity contribution in [2.24, 2.45) is 0 Å². The summed E-state index contributed by atoms with van der Waals surface area (Å²) >= 11 is 4.20. The van der Waals surface area contributed by atoms with E-state index in [1.54, 1.807) is 6.07 Å². The molecule has 0 radical (unpaired) electrons. The van der Waals surface area contributed by atoms with Crippen molar-refractivity contribution in [3.63, 3.8) is 0 Å². The average Bonchev–Trinajstić information content (AvgIpc) is 2.50. The highest BCUT2D eigenvalue weighted by molar-refractivity contribution is 14.1. The molecular formula is C17H15F2IS. The van der Waals surface area contributed by atoms with Gasteiger partial charge in [0.25, 0.3) is 0 Å². The Morgan fingerprint density at radius 2 is 1.81 bits per heavy atom. The van der Waals surface area contributed by atoms with Crippen LogP contribution in [0.4, 0.5) is 8.78 Å². The molecule has 21 heavy (non-hydrogen) atoms. The highest BCUT2D eigenvalue weighted by Gasteiger charge is 2.22. The summed E-state index contributed by atoms with van der Waals surface area (Å²) in [6.07, 6.45) is 2.52. The lowest BCUT2D eigenvalue weighted by atomic mass is 9.95. The van der Waals surface area contributed by atoms with Crippen LogP contribution in [0.3, 0.4) is 0 Å². The Hall–Kier alpha value is -0.620. The Balaban J connectivity index is 2.15. The number of halogens is 3. The maximum atomic E-state index is 14.2. The summed E-state index contributed by atoms with van der Waals surface area (Å²) in [7, 11) is 0. The van der Waals surface area contributed by atoms with Crippen molar-refractivity contribution in [1.29, 1.82) is 0 Å². The van der Waals surface area contributed by atoms with Gasteiger partial charge in [-0.05, 0) is 53.8 Å². The molecule has 110 valence electrons. The summed E-state index contributed by atoms with van der Waals surface area (Å²) in [6.45, 7) is 0. The van der Waals surface area contributed by atoms with E-state index in [1.807, 2.05) is 23.9 Å². The number of hydrogen-bond donors (Lipinski definition) is 0. The van der Waals surface area contributed by atoms with Crippen molar-refractivity contribution < 1.29 is 8.78 Å². The summed E-state index contributed by atoms with van der Waals surface area (Å²) in [4.78, 5) is 1.24. The van der Waals surface area contributed by atoms with Crippen molar-refractivity contribution >= 4 is 34.4 Å². The van der Waals surface area contributed by atoms with E-state index in [0.29, 0.717) is 12.0 Å². The standard InChI is InChI=1S/C17H15F2IS/c18-14-9-8-12-11(16(14)19)5-3-4-10-21-15-7-2-1-6-13(15)17(12)20/h1-2,6-9,17H,3-5,10H2. The van der Waals surface area contributed by atoms with Gasteiger partial charge in [-0.25, -0.2) is 8.78 Å². The predicted octanol–water partition coefficient (Wildman–Crippen LogP) is 5.92. The quantitative estimate of drug-likeness (QED) is 0.380. The molecule has 1 atom stereocenters. The fraction of sp³-hybridized carbons (Fsp3) is 0.294. The largest absolute Gasteiger partial charge is 0.204 e. The van der Waals surface area contributed by atoms with Gasteiger partial charge in [-0.1, -0.05) is 46.9 Å². The Morgan fingerprint density at radius 1 is 1.00 bits per heavy atom. The number of alkyl halides is 1. The second-order valence-electron chi connectivity index (χ2n) is 5.14. The van der Waals surface area contributed by atoms with E-state index in [2.05, 4.69) is 34.7 Å². The molecule has 4 heteroatoms. The van der Waals surface area contributed by atoms with Gasteiger partial charge >= 0.3 is 0 Å². The van der Waals surface area contributed by atoms with Crippen LogP contribution in [0.2, 0.25) is 0 Å². The SMILES string of the molecule is Fc1ccc2c(c1F)CCCCSc1ccccc1C2I. The van der Waals surface area contributed by atoms with Crippen LogP contribution in [0.15, 0.2) is 41.3 Å². The molecule has 2 aromatic rings. The molecule has 3 rings (SSSR count). The first kappa shape index (κ1) is 15.3. The number of thioether (sulfide) groups is 1. The lowest BCUT2D eigenvalue weighted by molar-refractivity contribution is 0.495. The van der Waals surface area contributed by atoms with Gasteiger partial charge < -0.3 is 0 Å². The third-order valence-electron chi connectivity index (χ3n) is 3.78. The van der Waals surface area contributed by atoms with E-state index in [4.69, 9.17) is 0 Å². The highest BCUT2D eigenvalue weighted by Crippen LogP contribution is 2.41. The molecule has 1 unspecified atom stereocenters. The van der Waals surface area contributed by atoms with Crippen molar-refractivity contribution in [1.82, 2.24) is 0 Å². The lowest BCUT2D eigenvalue weighted by Gasteiger charge is -2.21. The van der Waals surface area contributed by atoms with Gasteiger partial charge in [-0.3, -0.25) is 0 Å². The van der Waals surface area contributed by atoms with E-state index in [1.165, 1.54) is 16.5 Å². The van der Waals surface area contributed by atoms with Gasteiger partial charge in [-0.15, -0.1) is 11.8 Å². The minimum atomic E-state index is -0.739. The third kappa shape index (κ3) is 3.11. The summed E-state index contributed by atoms with van der Waals surface area (Å²) in [5, 5.41) is 0. The van der Waals surface area contributed by atoms with Gasteiger partial charge in [0, 0.05) is 4.90 Å². The van der Waals surface area contributed by atoms with E-state index in [0.717, 1.165) is 24.2 Å². The molecular weight excluding hydrogens is 401 g/mol. The fourth-order valence-electron chi connectivity index (χ4n) is 2.67. The molecule has 1 aliphatic heterocycles. The zero-order chi connectivity index (χ0) is 14.8. The molecule has 0 amide bonds. The molecule has 0 fully saturated rings. The topological polar surface area (TPSA) is 0 Å². The molecule has 0 saturated heterocycles. The zero-order valence-electron chi connectivity index (χ0n) is 11.4. The average molecular weight is 416 g/mol. The zero-order valence-corrected chi connectivity index (χ0v) is 14.4. The molecule has 0 aromatic heterocycles. The van der Waals surface area contributed by atoms with Gasteiger partial charge in [-0.2, -0.15) is 0 Å². The summed E-state index contributed by atoms with van der Waals surface area (Å²) < 4.78 is 27.8. The van der Waals surface area contributed by atoms with Gasteiger partial charge in [0.15, 0.2) is 11.6 Å².